The van der Waals surface area contributed by atoms with E-state index in [9.17, 15) is 4.39 Å². The van der Waals surface area contributed by atoms with Crippen LogP contribution < -0.4 is 5.32 Å². The highest BCUT2D eigenvalue weighted by atomic mass is 19.1. The van der Waals surface area contributed by atoms with Crippen molar-refractivity contribution in [3.63, 3.8) is 0 Å². The second-order valence-corrected chi connectivity index (χ2v) is 2.49. The Kier molecular flexibility index (Phi) is 2.42. The fourth-order valence-corrected chi connectivity index (χ4v) is 0.984. The van der Waals surface area contributed by atoms with E-state index >= 15 is 0 Å². The molecule has 0 saturated carbocycles. The molecule has 1 aliphatic rings. The number of nitrogens with one attached hydrogen (secondary N) is 1. The van der Waals surface area contributed by atoms with E-state index in [1.165, 1.54) is 0 Å². The average Bonchev–Trinajstić information content (AvgIpc) is 1.97. The van der Waals surface area contributed by atoms with Crippen molar-refractivity contribution in [3.05, 3.63) is 0 Å². The van der Waals surface area contributed by atoms with E-state index < -0.39 is 6.17 Å². The first-order chi connectivity index (χ1) is 4.29. The van der Waals surface area contributed by atoms with Crippen LogP contribution in [-0.2, 0) is 0 Å². The van der Waals surface area contributed by atoms with Crippen molar-refractivity contribution in [1.29, 1.82) is 0 Å². The van der Waals surface area contributed by atoms with Crippen LogP contribution in [0.1, 0.15) is 12.8 Å². The van der Waals surface area contributed by atoms with Gasteiger partial charge in [0.15, 0.2) is 0 Å². The Hall–Kier alpha value is -0.150. The fraction of sp³-hybridized carbons (Fsp3) is 1.00. The van der Waals surface area contributed by atoms with Gasteiger partial charge in [0.1, 0.15) is 6.17 Å². The second-order valence-electron chi connectivity index (χ2n) is 2.49. The quantitative estimate of drug-likeness (QED) is 0.490. The van der Waals surface area contributed by atoms with Crippen LogP contribution in [0.2, 0.25) is 0 Å². The first-order valence-electron chi connectivity index (χ1n) is 3.32. The lowest BCUT2D eigenvalue weighted by atomic mass is 10.2. The number of rotatable bonds is 0. The predicted octanol–water partition coefficient (Wildman–Crippen LogP) is 0.0688. The van der Waals surface area contributed by atoms with Crippen LogP contribution in [0.25, 0.3) is 0 Å². The molecule has 0 bridgehead atoms. The van der Waals surface area contributed by atoms with Crippen LogP contribution in [0.3, 0.4) is 0 Å². The van der Waals surface area contributed by atoms with Gasteiger partial charge in [-0.25, -0.2) is 4.39 Å². The Bertz CT molecular complexity index is 79.1. The van der Waals surface area contributed by atoms with Gasteiger partial charge >= 0.3 is 0 Å². The molecule has 9 heavy (non-hydrogen) atoms. The van der Waals surface area contributed by atoms with E-state index in [0.717, 1.165) is 0 Å². The molecule has 1 rings (SSSR count). The van der Waals surface area contributed by atoms with Crippen LogP contribution in [0, 0.1) is 0 Å². The van der Waals surface area contributed by atoms with Gasteiger partial charge in [-0.15, -0.1) is 0 Å². The maximum atomic E-state index is 12.4. The highest BCUT2D eigenvalue weighted by Crippen LogP contribution is 2.07. The largest absolute Gasteiger partial charge is 0.392 e. The molecule has 1 heterocycles. The molecule has 0 amide bonds. The number of β-amino-alcohol motifs (C(OH)–C–C–N with tert-alkyl or cyclic N) is 1. The normalized spacial score (nSPS) is 38.0. The standard InChI is InChI=1S/C6H12FNO/c7-5-1-2-6(9)4-8-3-5/h5-6,8-9H,1-4H2. The van der Waals surface area contributed by atoms with E-state index in [-0.39, 0.29) is 6.10 Å². The van der Waals surface area contributed by atoms with Crippen LogP contribution in [0.4, 0.5) is 4.39 Å². The van der Waals surface area contributed by atoms with Crippen molar-refractivity contribution in [2.75, 3.05) is 13.1 Å². The zero-order chi connectivity index (χ0) is 6.69. The zero-order valence-electron chi connectivity index (χ0n) is 5.31. The highest BCUT2D eigenvalue weighted by Gasteiger charge is 2.14. The summed E-state index contributed by atoms with van der Waals surface area (Å²) in [5.41, 5.74) is 0. The summed E-state index contributed by atoms with van der Waals surface area (Å²) in [6.07, 6.45) is -0.0181. The third kappa shape index (κ3) is 2.28. The predicted molar refractivity (Wildman–Crippen MR) is 33.0 cm³/mol. The number of aliphatic hydroxyl groups excluding tert-OH is 1. The molecule has 1 saturated heterocycles. The van der Waals surface area contributed by atoms with Crippen LogP contribution in [0.15, 0.2) is 0 Å². The Balaban J connectivity index is 2.25. The minimum absolute atomic E-state index is 0.342. The molecule has 0 aromatic heterocycles. The van der Waals surface area contributed by atoms with Gasteiger partial charge in [0.25, 0.3) is 0 Å². The first kappa shape index (κ1) is 6.96. The second kappa shape index (κ2) is 3.13. The SMILES string of the molecule is OC1CCC(F)CNC1. The van der Waals surface area contributed by atoms with Crippen LogP contribution >= 0.6 is 0 Å². The Morgan fingerprint density at radius 3 is 2.89 bits per heavy atom. The van der Waals surface area contributed by atoms with Gasteiger partial charge in [-0.3, -0.25) is 0 Å². The van der Waals surface area contributed by atoms with E-state index in [0.29, 0.717) is 25.9 Å². The summed E-state index contributed by atoms with van der Waals surface area (Å²) in [7, 11) is 0. The number of hydrogen-bond donors (Lipinski definition) is 2. The summed E-state index contributed by atoms with van der Waals surface area (Å²) in [5, 5.41) is 11.8. The Morgan fingerprint density at radius 1 is 1.33 bits per heavy atom. The smallest absolute Gasteiger partial charge is 0.113 e. The van der Waals surface area contributed by atoms with Gasteiger partial charge in [-0.1, -0.05) is 0 Å². The fourth-order valence-electron chi connectivity index (χ4n) is 0.984. The van der Waals surface area contributed by atoms with Crippen molar-refractivity contribution in [1.82, 2.24) is 5.32 Å². The molecule has 2 N–H and O–H groups in total. The maximum Gasteiger partial charge on any atom is 0.113 e. The monoisotopic (exact) mass is 133 g/mol. The summed E-state index contributed by atoms with van der Waals surface area (Å²) in [5.74, 6) is 0. The van der Waals surface area contributed by atoms with E-state index in [4.69, 9.17) is 5.11 Å². The highest BCUT2D eigenvalue weighted by molar-refractivity contribution is 4.70. The van der Waals surface area contributed by atoms with Crippen molar-refractivity contribution in [3.8, 4) is 0 Å². The van der Waals surface area contributed by atoms with Gasteiger partial charge in [-0.2, -0.15) is 0 Å². The molecule has 1 fully saturated rings. The average molecular weight is 133 g/mol. The third-order valence-corrected chi connectivity index (χ3v) is 1.56. The molecule has 0 aliphatic carbocycles. The molecular formula is C6H12FNO. The van der Waals surface area contributed by atoms with Crippen LogP contribution in [0.5, 0.6) is 0 Å². The Morgan fingerprint density at radius 2 is 2.11 bits per heavy atom. The van der Waals surface area contributed by atoms with Crippen molar-refractivity contribution >= 4 is 0 Å². The lowest BCUT2D eigenvalue weighted by Gasteiger charge is -2.02. The summed E-state index contributed by atoms with van der Waals surface area (Å²) in [4.78, 5) is 0. The number of alkyl halides is 1. The number of halogens is 1. The third-order valence-electron chi connectivity index (χ3n) is 1.56. The lowest BCUT2D eigenvalue weighted by Crippen LogP contribution is -2.26. The van der Waals surface area contributed by atoms with Gasteiger partial charge in [0.2, 0.25) is 0 Å². The molecular weight excluding hydrogens is 121 g/mol. The summed E-state index contributed by atoms with van der Waals surface area (Å²) in [6, 6.07) is 0. The molecule has 0 spiro atoms. The molecule has 3 heteroatoms. The number of hydrogen-bond acceptors (Lipinski definition) is 2. The van der Waals surface area contributed by atoms with Crippen molar-refractivity contribution in [2.45, 2.75) is 25.1 Å². The van der Waals surface area contributed by atoms with Gasteiger partial charge in [0.05, 0.1) is 6.10 Å². The lowest BCUT2D eigenvalue weighted by molar-refractivity contribution is 0.164. The minimum Gasteiger partial charge on any atom is -0.392 e. The van der Waals surface area contributed by atoms with Gasteiger partial charge in [0, 0.05) is 13.1 Å². The Labute approximate surface area is 54.1 Å². The molecule has 0 aromatic carbocycles. The molecule has 2 nitrogen and oxygen atoms in total. The summed E-state index contributed by atoms with van der Waals surface area (Å²) >= 11 is 0. The van der Waals surface area contributed by atoms with Crippen molar-refractivity contribution in [2.24, 2.45) is 0 Å². The molecule has 54 valence electrons. The minimum atomic E-state index is -0.762. The molecule has 2 atom stereocenters. The first-order valence-corrected chi connectivity index (χ1v) is 3.32. The molecule has 0 aromatic rings. The van der Waals surface area contributed by atoms with Gasteiger partial charge < -0.3 is 10.4 Å². The summed E-state index contributed by atoms with van der Waals surface area (Å²) < 4.78 is 12.4. The van der Waals surface area contributed by atoms with E-state index in [1.54, 1.807) is 0 Å². The van der Waals surface area contributed by atoms with Crippen LogP contribution in [-0.4, -0.2) is 30.5 Å². The molecule has 2 unspecified atom stereocenters. The maximum absolute atomic E-state index is 12.4. The topological polar surface area (TPSA) is 32.3 Å². The molecule has 0 radical (unpaired) electrons. The number of aliphatic hydroxyl groups is 1. The zero-order valence-corrected chi connectivity index (χ0v) is 5.31. The van der Waals surface area contributed by atoms with Gasteiger partial charge in [-0.05, 0) is 12.8 Å². The van der Waals surface area contributed by atoms with Crippen molar-refractivity contribution < 1.29 is 9.50 Å². The van der Waals surface area contributed by atoms with E-state index in [1.807, 2.05) is 0 Å². The summed E-state index contributed by atoms with van der Waals surface area (Å²) in [6.45, 7) is 0.942. The van der Waals surface area contributed by atoms with E-state index in [2.05, 4.69) is 5.32 Å². The molecule has 1 aliphatic heterocycles.